The van der Waals surface area contributed by atoms with Crippen molar-refractivity contribution in [3.63, 3.8) is 0 Å². The monoisotopic (exact) mass is 646 g/mol. The van der Waals surface area contributed by atoms with Crippen LogP contribution < -0.4 is 13.8 Å². The predicted octanol–water partition coefficient (Wildman–Crippen LogP) is 5.08. The molecule has 14 heteroatoms. The second kappa shape index (κ2) is 13.1. The molecular weight excluding hydrogens is 608 g/mol. The maximum absolute atomic E-state index is 14.5. The molecule has 0 fully saturated rings. The third-order valence-corrected chi connectivity index (χ3v) is 11.2. The van der Waals surface area contributed by atoms with E-state index in [1.807, 2.05) is 0 Å². The zero-order valence-electron chi connectivity index (χ0n) is 25.9. The zero-order valence-corrected chi connectivity index (χ0v) is 27.7. The molecule has 0 saturated carbocycles. The van der Waals surface area contributed by atoms with E-state index < -0.39 is 41.9 Å². The molecule has 4 rings (SSSR count). The molecule has 238 valence electrons. The van der Waals surface area contributed by atoms with Gasteiger partial charge in [-0.1, -0.05) is 31.8 Å². The van der Waals surface area contributed by atoms with Crippen LogP contribution in [0.15, 0.2) is 52.9 Å². The van der Waals surface area contributed by atoms with Crippen molar-refractivity contribution in [2.24, 2.45) is 0 Å². The summed E-state index contributed by atoms with van der Waals surface area (Å²) in [5.74, 6) is 1.21. The zero-order chi connectivity index (χ0) is 32.4. The average Bonchev–Trinajstić information content (AvgIpc) is 3.61. The van der Waals surface area contributed by atoms with Gasteiger partial charge in [-0.2, -0.15) is 0 Å². The van der Waals surface area contributed by atoms with Crippen LogP contribution in [0, 0.1) is 12.7 Å². The van der Waals surface area contributed by atoms with E-state index in [0.29, 0.717) is 34.8 Å². The number of hydrogen-bond donors (Lipinski definition) is 2. The summed E-state index contributed by atoms with van der Waals surface area (Å²) < 4.78 is 62.9. The minimum Gasteiger partial charge on any atom is -0.494 e. The Kier molecular flexibility index (Phi) is 9.88. The molecule has 2 aromatic carbocycles. The first kappa shape index (κ1) is 33.2. The number of aliphatic hydroxyl groups is 2. The number of rotatable bonds is 13. The van der Waals surface area contributed by atoms with Crippen LogP contribution in [0.5, 0.6) is 11.5 Å². The summed E-state index contributed by atoms with van der Waals surface area (Å²) in [5.41, 5.74) is 0.546. The molecule has 44 heavy (non-hydrogen) atoms. The summed E-state index contributed by atoms with van der Waals surface area (Å²) >= 11 is 0. The van der Waals surface area contributed by atoms with E-state index in [0.717, 1.165) is 16.4 Å². The van der Waals surface area contributed by atoms with E-state index in [2.05, 4.69) is 29.8 Å². The fraction of sp³-hybridized carbons (Fsp3) is 0.400. The van der Waals surface area contributed by atoms with Crippen molar-refractivity contribution in [3.05, 3.63) is 71.2 Å². The van der Waals surface area contributed by atoms with Crippen molar-refractivity contribution < 1.29 is 36.9 Å². The molecule has 2 heterocycles. The summed E-state index contributed by atoms with van der Waals surface area (Å²) in [7, 11) is -3.26. The molecule has 0 radical (unpaired) electrons. The molecule has 4 aromatic rings. The highest BCUT2D eigenvalue weighted by Gasteiger charge is 2.40. The summed E-state index contributed by atoms with van der Waals surface area (Å²) in [6.07, 6.45) is -1.60. The Morgan fingerprint density at radius 2 is 1.73 bits per heavy atom. The van der Waals surface area contributed by atoms with Crippen LogP contribution in [0.3, 0.4) is 0 Å². The van der Waals surface area contributed by atoms with Crippen molar-refractivity contribution in [1.29, 1.82) is 0 Å². The summed E-state index contributed by atoms with van der Waals surface area (Å²) in [4.78, 5) is 0. The van der Waals surface area contributed by atoms with Gasteiger partial charge in [-0.15, -0.1) is 10.2 Å². The lowest BCUT2D eigenvalue weighted by molar-refractivity contribution is 0.171. The molecule has 0 aliphatic heterocycles. The number of sulfonamides is 1. The van der Waals surface area contributed by atoms with Crippen molar-refractivity contribution in [3.8, 4) is 28.8 Å². The van der Waals surface area contributed by atoms with Gasteiger partial charge in [0.05, 0.1) is 26.9 Å². The topological polar surface area (TPSA) is 140 Å². The van der Waals surface area contributed by atoms with E-state index in [4.69, 9.17) is 13.9 Å². The number of ether oxygens (including phenoxy) is 2. The lowest BCUT2D eigenvalue weighted by Crippen LogP contribution is -2.44. The molecule has 2 atom stereocenters. The van der Waals surface area contributed by atoms with Crippen molar-refractivity contribution >= 4 is 24.0 Å². The van der Waals surface area contributed by atoms with Gasteiger partial charge in [0.25, 0.3) is 0 Å². The van der Waals surface area contributed by atoms with E-state index in [1.54, 1.807) is 37.3 Å². The molecular formula is C30H39FN4O7SSi. The number of halogens is 1. The number of anilines is 1. The van der Waals surface area contributed by atoms with Crippen LogP contribution in [0.2, 0.25) is 25.7 Å². The van der Waals surface area contributed by atoms with Crippen LogP contribution in [-0.4, -0.2) is 67.5 Å². The number of benzene rings is 2. The number of hydrogen-bond acceptors (Lipinski definition) is 9. The molecule has 0 spiro atoms. The summed E-state index contributed by atoms with van der Waals surface area (Å²) in [6.45, 7) is 8.96. The lowest BCUT2D eigenvalue weighted by Gasteiger charge is -2.31. The largest absolute Gasteiger partial charge is 0.494 e. The molecule has 0 aliphatic carbocycles. The van der Waals surface area contributed by atoms with Gasteiger partial charge in [-0.3, -0.25) is 4.57 Å². The van der Waals surface area contributed by atoms with Gasteiger partial charge in [0, 0.05) is 14.6 Å². The number of aromatic nitrogens is 3. The lowest BCUT2D eigenvalue weighted by atomic mass is 10.0. The van der Waals surface area contributed by atoms with Crippen LogP contribution in [0.1, 0.15) is 29.9 Å². The van der Waals surface area contributed by atoms with Crippen molar-refractivity contribution in [1.82, 2.24) is 14.8 Å². The Morgan fingerprint density at radius 1 is 1.07 bits per heavy atom. The first-order valence-electron chi connectivity index (χ1n) is 14.1. The van der Waals surface area contributed by atoms with Gasteiger partial charge in [-0.25, -0.2) is 17.1 Å². The summed E-state index contributed by atoms with van der Waals surface area (Å²) in [6, 6.07) is 12.6. The predicted molar refractivity (Wildman–Crippen MR) is 168 cm³/mol. The number of methoxy groups -OCH3 is 2. The number of nitrogens with zero attached hydrogens (tertiary/aromatic N) is 4. The normalized spacial score (nSPS) is 13.5. The number of furan rings is 1. The molecule has 0 saturated heterocycles. The van der Waals surface area contributed by atoms with Crippen LogP contribution >= 0.6 is 0 Å². The molecule has 2 aromatic heterocycles. The third-order valence-electron chi connectivity index (χ3n) is 7.34. The smallest absolute Gasteiger partial charge is 0.246 e. The Hall–Kier alpha value is -3.72. The highest BCUT2D eigenvalue weighted by molar-refractivity contribution is 7.93. The fourth-order valence-corrected chi connectivity index (χ4v) is 7.43. The molecule has 0 amide bonds. The number of para-hydroxylation sites is 1. The fourth-order valence-electron chi connectivity index (χ4n) is 4.80. The van der Waals surface area contributed by atoms with E-state index in [9.17, 15) is 23.0 Å². The van der Waals surface area contributed by atoms with Gasteiger partial charge in [-0.05, 0) is 67.4 Å². The average molecular weight is 647 g/mol. The second-order valence-corrected chi connectivity index (χ2v) is 19.5. The number of aliphatic hydroxyl groups excluding tert-OH is 2. The molecule has 2 unspecified atom stereocenters. The standard InChI is InChI=1S/C30H39FN4O7SSi/c1-19-11-14-26(42-19)29-32-33-30(35(29)27-24(40-3)9-8-10-25(27)41-4)34(15-16-44(5,6)7)43(38,39)20(2)28(37)23-13-12-22(31)17-21(23)18-36/h8-14,17,20,28,36-37H,15-16,18H2,1-7H3. The van der Waals surface area contributed by atoms with Crippen LogP contribution in [0.25, 0.3) is 17.3 Å². The molecule has 11 nitrogen and oxygen atoms in total. The third kappa shape index (κ3) is 6.67. The highest BCUT2D eigenvalue weighted by atomic mass is 32.2. The Labute approximate surface area is 257 Å². The minimum atomic E-state index is -4.40. The van der Waals surface area contributed by atoms with Crippen LogP contribution in [-0.2, 0) is 16.6 Å². The van der Waals surface area contributed by atoms with E-state index in [-0.39, 0.29) is 29.4 Å². The SMILES string of the molecule is COc1cccc(OC)c1-n1c(-c2ccc(C)o2)nnc1N(CC[Si](C)(C)C)S(=O)(=O)C(C)C(O)c1ccc(F)cc1CO. The molecule has 0 aliphatic rings. The van der Waals surface area contributed by atoms with E-state index >= 15 is 0 Å². The Morgan fingerprint density at radius 3 is 2.27 bits per heavy atom. The molecule has 2 N–H and O–H groups in total. The quantitative estimate of drug-likeness (QED) is 0.190. The highest BCUT2D eigenvalue weighted by Crippen LogP contribution is 2.40. The van der Waals surface area contributed by atoms with Crippen molar-refractivity contribution in [2.45, 2.75) is 57.5 Å². The van der Waals surface area contributed by atoms with Gasteiger partial charge in [0.1, 0.15) is 34.0 Å². The van der Waals surface area contributed by atoms with Gasteiger partial charge < -0.3 is 24.1 Å². The minimum absolute atomic E-state index is 0.0399. The second-order valence-electron chi connectivity index (χ2n) is 11.7. The first-order chi connectivity index (χ1) is 20.7. The maximum Gasteiger partial charge on any atom is 0.246 e. The van der Waals surface area contributed by atoms with Crippen LogP contribution in [0.4, 0.5) is 10.3 Å². The van der Waals surface area contributed by atoms with Gasteiger partial charge in [0.15, 0.2) is 5.76 Å². The first-order valence-corrected chi connectivity index (χ1v) is 19.3. The van der Waals surface area contributed by atoms with Crippen molar-refractivity contribution in [2.75, 3.05) is 25.1 Å². The Bertz CT molecular complexity index is 1700. The van der Waals surface area contributed by atoms with Gasteiger partial charge >= 0.3 is 0 Å². The summed E-state index contributed by atoms with van der Waals surface area (Å²) in [5, 5.41) is 28.5. The Balaban J connectivity index is 1.97. The van der Waals surface area contributed by atoms with E-state index in [1.165, 1.54) is 31.8 Å². The molecule has 0 bridgehead atoms. The number of aryl methyl sites for hydroxylation is 1. The maximum atomic E-state index is 14.5. The van der Waals surface area contributed by atoms with Gasteiger partial charge in [0.2, 0.25) is 21.8 Å².